The smallest absolute Gasteiger partial charge is 0.319 e. The number of thioether (sulfide) groups is 1. The van der Waals surface area contributed by atoms with E-state index in [9.17, 15) is 13.6 Å². The van der Waals surface area contributed by atoms with Crippen LogP contribution in [-0.2, 0) is 9.53 Å². The van der Waals surface area contributed by atoms with Crippen LogP contribution in [0.4, 0.5) is 8.78 Å². The van der Waals surface area contributed by atoms with Gasteiger partial charge in [-0.25, -0.2) is 8.78 Å². The Balaban J connectivity index is 3.93. The van der Waals surface area contributed by atoms with Gasteiger partial charge in [-0.2, -0.15) is 0 Å². The third-order valence-electron chi connectivity index (χ3n) is 3.53. The van der Waals surface area contributed by atoms with Crippen LogP contribution in [0, 0.1) is 5.92 Å². The van der Waals surface area contributed by atoms with Gasteiger partial charge in [-0.1, -0.05) is 52.9 Å². The lowest BCUT2D eigenvalue weighted by molar-refractivity contribution is -0.144. The molecule has 0 radical (unpaired) electrons. The molecule has 1 atom stereocenters. The number of rotatable bonds is 15. The predicted octanol–water partition coefficient (Wildman–Crippen LogP) is 6.08. The summed E-state index contributed by atoms with van der Waals surface area (Å²) < 4.78 is 29.4. The Morgan fingerprint density at radius 1 is 1.00 bits per heavy atom. The first-order chi connectivity index (χ1) is 11.0. The maximum Gasteiger partial charge on any atom is 0.319 e. The quantitative estimate of drug-likeness (QED) is 0.264. The van der Waals surface area contributed by atoms with E-state index in [0.717, 1.165) is 50.7 Å². The van der Waals surface area contributed by atoms with Crippen molar-refractivity contribution < 1.29 is 18.3 Å². The third kappa shape index (κ3) is 15.0. The summed E-state index contributed by atoms with van der Waals surface area (Å²) in [7, 11) is 0. The number of unbranched alkanes of at least 4 members (excludes halogenated alkanes) is 5. The van der Waals surface area contributed by atoms with Crippen molar-refractivity contribution in [2.75, 3.05) is 12.4 Å². The van der Waals surface area contributed by atoms with Crippen LogP contribution in [0.15, 0.2) is 0 Å². The van der Waals surface area contributed by atoms with Gasteiger partial charge in [-0.15, -0.1) is 11.8 Å². The van der Waals surface area contributed by atoms with Crippen LogP contribution in [0.5, 0.6) is 0 Å². The summed E-state index contributed by atoms with van der Waals surface area (Å²) >= 11 is 1.67. The molecule has 138 valence electrons. The van der Waals surface area contributed by atoms with Gasteiger partial charge in [0, 0.05) is 6.42 Å². The lowest BCUT2D eigenvalue weighted by Gasteiger charge is -2.16. The molecule has 5 heteroatoms. The second-order valence-corrected chi connectivity index (χ2v) is 7.78. The molecule has 0 saturated carbocycles. The fourth-order valence-corrected chi connectivity index (χ4v) is 3.36. The third-order valence-corrected chi connectivity index (χ3v) is 4.88. The van der Waals surface area contributed by atoms with Crippen LogP contribution >= 0.6 is 11.8 Å². The molecule has 0 aliphatic carbocycles. The lowest BCUT2D eigenvalue weighted by atomic mass is 10.1. The Labute approximate surface area is 145 Å². The van der Waals surface area contributed by atoms with Crippen LogP contribution in [-0.4, -0.2) is 30.0 Å². The number of carbonyl (C=O) groups excluding carboxylic acids is 1. The zero-order valence-corrected chi connectivity index (χ0v) is 15.8. The van der Waals surface area contributed by atoms with Crippen LogP contribution in [0.3, 0.4) is 0 Å². The van der Waals surface area contributed by atoms with Gasteiger partial charge in [0.05, 0.1) is 6.61 Å². The van der Waals surface area contributed by atoms with E-state index >= 15 is 0 Å². The molecule has 0 aromatic rings. The molecule has 2 nitrogen and oxygen atoms in total. The highest BCUT2D eigenvalue weighted by Crippen LogP contribution is 2.22. The Kier molecular flexibility index (Phi) is 15.0. The fraction of sp³-hybridized carbons (Fsp3) is 0.944. The van der Waals surface area contributed by atoms with Crippen molar-refractivity contribution in [2.24, 2.45) is 5.92 Å². The van der Waals surface area contributed by atoms with Crippen LogP contribution in [0.25, 0.3) is 0 Å². The topological polar surface area (TPSA) is 26.3 Å². The summed E-state index contributed by atoms with van der Waals surface area (Å²) in [5.74, 6) is 1.18. The van der Waals surface area contributed by atoms with E-state index < -0.39 is 6.43 Å². The summed E-state index contributed by atoms with van der Waals surface area (Å²) in [6, 6.07) is 0. The minimum atomic E-state index is -2.18. The Hall–Kier alpha value is -0.320. The Morgan fingerprint density at radius 3 is 2.26 bits per heavy atom. The minimum absolute atomic E-state index is 0.00825. The van der Waals surface area contributed by atoms with E-state index in [1.807, 2.05) is 13.8 Å². The molecule has 0 spiro atoms. The number of esters is 1. The highest BCUT2D eigenvalue weighted by Gasteiger charge is 2.20. The second kappa shape index (κ2) is 15.2. The second-order valence-electron chi connectivity index (χ2n) is 6.47. The molecule has 0 aliphatic heterocycles. The highest BCUT2D eigenvalue weighted by molar-refractivity contribution is 8.00. The summed E-state index contributed by atoms with van der Waals surface area (Å²) in [5.41, 5.74) is 0. The molecule has 0 aromatic carbocycles. The molecule has 0 aromatic heterocycles. The van der Waals surface area contributed by atoms with Gasteiger partial charge < -0.3 is 4.74 Å². The molecule has 1 unspecified atom stereocenters. The Bertz CT molecular complexity index is 286. The highest BCUT2D eigenvalue weighted by atomic mass is 32.2. The van der Waals surface area contributed by atoms with E-state index in [0.29, 0.717) is 18.9 Å². The van der Waals surface area contributed by atoms with Gasteiger partial charge in [0.15, 0.2) is 0 Å². The van der Waals surface area contributed by atoms with Gasteiger partial charge in [-0.05, 0) is 30.9 Å². The minimum Gasteiger partial charge on any atom is -0.465 e. The van der Waals surface area contributed by atoms with Gasteiger partial charge in [0.2, 0.25) is 6.43 Å². The Morgan fingerprint density at radius 2 is 1.65 bits per heavy atom. The first-order valence-electron chi connectivity index (χ1n) is 9.03. The number of alkyl halides is 2. The molecule has 0 N–H and O–H groups in total. The van der Waals surface area contributed by atoms with E-state index in [4.69, 9.17) is 4.74 Å². The number of ether oxygens (including phenoxy) is 1. The van der Waals surface area contributed by atoms with Crippen molar-refractivity contribution in [3.63, 3.8) is 0 Å². The SMILES string of the molecule is CCCCCC(SCCCCCCC(F)F)C(=O)OCC(C)C. The van der Waals surface area contributed by atoms with Crippen LogP contribution in [0.1, 0.15) is 78.6 Å². The molecule has 0 saturated heterocycles. The fourth-order valence-electron chi connectivity index (χ4n) is 2.17. The van der Waals surface area contributed by atoms with Gasteiger partial charge in [0.25, 0.3) is 0 Å². The zero-order chi connectivity index (χ0) is 17.5. The average molecular weight is 353 g/mol. The van der Waals surface area contributed by atoms with Crippen molar-refractivity contribution in [3.8, 4) is 0 Å². The van der Waals surface area contributed by atoms with Crippen molar-refractivity contribution >= 4 is 17.7 Å². The predicted molar refractivity (Wildman–Crippen MR) is 95.3 cm³/mol. The normalized spacial score (nSPS) is 12.8. The zero-order valence-electron chi connectivity index (χ0n) is 15.0. The van der Waals surface area contributed by atoms with Crippen molar-refractivity contribution in [1.29, 1.82) is 0 Å². The molecule has 23 heavy (non-hydrogen) atoms. The maximum atomic E-state index is 12.2. The van der Waals surface area contributed by atoms with Gasteiger partial charge >= 0.3 is 5.97 Å². The molecule has 0 heterocycles. The molecule has 0 aliphatic rings. The number of halogens is 2. The number of carbonyl (C=O) groups is 1. The number of hydrogen-bond acceptors (Lipinski definition) is 3. The molecule has 0 bridgehead atoms. The molecule has 0 rings (SSSR count). The first kappa shape index (κ1) is 22.7. The van der Waals surface area contributed by atoms with E-state index in [2.05, 4.69) is 6.92 Å². The molecular formula is C18H34F2O2S. The van der Waals surface area contributed by atoms with Gasteiger partial charge in [-0.3, -0.25) is 4.79 Å². The van der Waals surface area contributed by atoms with Crippen molar-refractivity contribution in [1.82, 2.24) is 0 Å². The van der Waals surface area contributed by atoms with Crippen LogP contribution in [0.2, 0.25) is 0 Å². The van der Waals surface area contributed by atoms with Crippen molar-refractivity contribution in [3.05, 3.63) is 0 Å². The average Bonchev–Trinajstić information content (AvgIpc) is 2.49. The van der Waals surface area contributed by atoms with E-state index in [1.165, 1.54) is 0 Å². The largest absolute Gasteiger partial charge is 0.465 e. The number of hydrogen-bond donors (Lipinski definition) is 0. The van der Waals surface area contributed by atoms with Gasteiger partial charge in [0.1, 0.15) is 5.25 Å². The molecule has 0 fully saturated rings. The monoisotopic (exact) mass is 352 g/mol. The summed E-state index contributed by atoms with van der Waals surface area (Å²) in [5, 5.41) is -0.0682. The maximum absolute atomic E-state index is 12.2. The summed E-state index contributed by atoms with van der Waals surface area (Å²) in [4.78, 5) is 12.2. The molecular weight excluding hydrogens is 318 g/mol. The first-order valence-corrected chi connectivity index (χ1v) is 10.1. The summed E-state index contributed by atoms with van der Waals surface area (Å²) in [6.45, 7) is 6.70. The summed E-state index contributed by atoms with van der Waals surface area (Å²) in [6.07, 6.45) is 5.43. The van der Waals surface area contributed by atoms with Crippen molar-refractivity contribution in [2.45, 2.75) is 90.2 Å². The molecule has 0 amide bonds. The lowest BCUT2D eigenvalue weighted by Crippen LogP contribution is -2.22. The van der Waals surface area contributed by atoms with E-state index in [1.54, 1.807) is 11.8 Å². The van der Waals surface area contributed by atoms with Crippen LogP contribution < -0.4 is 0 Å². The standard InChI is InChI=1S/C18H34F2O2S/c1-4-5-8-11-16(18(21)22-14-15(2)3)23-13-10-7-6-9-12-17(19)20/h15-17H,4-14H2,1-3H3. The van der Waals surface area contributed by atoms with E-state index in [-0.39, 0.29) is 17.6 Å².